The molecule has 14 nitrogen and oxygen atoms in total. The van der Waals surface area contributed by atoms with E-state index in [2.05, 4.69) is 47.1 Å². The summed E-state index contributed by atoms with van der Waals surface area (Å²) in [5, 5.41) is 109. The summed E-state index contributed by atoms with van der Waals surface area (Å²) in [6, 6.07) is 1.99. The van der Waals surface area contributed by atoms with E-state index in [0.717, 1.165) is 97.7 Å². The molecule has 18 rings (SSSR count). The van der Waals surface area contributed by atoms with Crippen molar-refractivity contribution in [1.29, 1.82) is 0 Å². The minimum atomic E-state index is -1.83. The van der Waals surface area contributed by atoms with Crippen molar-refractivity contribution >= 4 is 138 Å². The fraction of sp³-hybridized carbons (Fsp3) is 0.377. The Hall–Kier alpha value is -6.46. The van der Waals surface area contributed by atoms with E-state index in [1.54, 1.807) is 0 Å². The number of allylic oxidation sites excluding steroid dienone is 2. The number of rotatable bonds is 18. The van der Waals surface area contributed by atoms with E-state index < -0.39 is 123 Å². The molecule has 2 fully saturated rings. The number of hydrogen-bond acceptors (Lipinski definition) is 12. The van der Waals surface area contributed by atoms with Crippen LogP contribution in [0.3, 0.4) is 0 Å². The minimum absolute atomic E-state index is 0. The van der Waals surface area contributed by atoms with Gasteiger partial charge in [-0.1, -0.05) is 43.9 Å². The SMILES string of the molecule is C.O=C(CC(CO)CO)C1(C(=O)CC(CO)CO)c2c1c1c3ccc4c5c6c7c(c8c9c7c7c%10c%11c%12c%13c(c2c%12c1c1c3c4c6c7c%111)C=CC1C%13C=%10C9C1C=C8)C1C5C1(C(=O)NC(CO)CO)C(=O)NC(CO)CO. The second-order valence-corrected chi connectivity index (χ2v) is 23.4. The van der Waals surface area contributed by atoms with E-state index in [0.29, 0.717) is 11.1 Å². The van der Waals surface area contributed by atoms with Crippen LogP contribution in [-0.2, 0) is 24.6 Å². The van der Waals surface area contributed by atoms with Crippen LogP contribution in [0.25, 0.3) is 115 Å². The molecule has 0 spiro atoms. The second-order valence-electron chi connectivity index (χ2n) is 23.4. The topological polar surface area (TPSA) is 254 Å². The molecule has 10 N–H and O–H groups in total. The number of aliphatic hydroxyl groups excluding tert-OH is 8. The molecule has 0 aromatic heterocycles. The second kappa shape index (κ2) is 13.4. The number of ketones is 2. The van der Waals surface area contributed by atoms with Crippen molar-refractivity contribution in [3.05, 3.63) is 74.0 Å². The van der Waals surface area contributed by atoms with E-state index in [4.69, 9.17) is 0 Å². The highest BCUT2D eigenvalue weighted by molar-refractivity contribution is 6.61. The average Bonchev–Trinajstić information content (AvgIpc) is 3.95. The Kier molecular flexibility index (Phi) is 7.80. The summed E-state index contributed by atoms with van der Waals surface area (Å²) in [5.41, 5.74) is 5.26. The van der Waals surface area contributed by atoms with Gasteiger partial charge in [0, 0.05) is 74.8 Å². The van der Waals surface area contributed by atoms with Crippen LogP contribution in [0.5, 0.6) is 0 Å². The highest BCUT2D eigenvalue weighted by atomic mass is 16.3. The molecule has 10 aromatic carbocycles. The van der Waals surface area contributed by atoms with Crippen LogP contribution >= 0.6 is 0 Å². The Morgan fingerprint density at radius 2 is 0.893 bits per heavy atom. The third-order valence-corrected chi connectivity index (χ3v) is 20.9. The van der Waals surface area contributed by atoms with Gasteiger partial charge in [-0.3, -0.25) is 19.2 Å². The van der Waals surface area contributed by atoms with Crippen LogP contribution in [0.2, 0.25) is 0 Å². The monoisotopic (exact) mass is 1000 g/mol. The smallest absolute Gasteiger partial charge is 0.237 e. The van der Waals surface area contributed by atoms with Crippen molar-refractivity contribution in [3.63, 3.8) is 0 Å². The first-order chi connectivity index (χ1) is 36.1. The first-order valence-corrected chi connectivity index (χ1v) is 26.2. The van der Waals surface area contributed by atoms with Crippen LogP contribution in [0.1, 0.15) is 88.4 Å². The summed E-state index contributed by atoms with van der Waals surface area (Å²) in [4.78, 5) is 62.0. The standard InChI is InChI=1S/C60H46N2O12.CH4/c63-9-17(10-64)7-27(71)59(28(72)8-18(11-65)12-66)53-35-23-3-1-21-22-2-4-24-32-30(22)39-29(21)31(23)40-44(35)45-36(54(53)59)25-5-6-26-34-33(25)42(45)51-49(40)48(39)50-41(32)46-37(24)55-56(38(26)47(46)43(34)52(50)51)60(55,57(73)61-19(13-67)14-68)58(74)62-20(15-69)16-70;/h1-6,17-22,29-30,55-56,63-70H,7-16H2,(H,61,73)(H,62,74);1H4. The van der Waals surface area contributed by atoms with Gasteiger partial charge < -0.3 is 51.5 Å². The molecule has 0 bridgehead atoms. The van der Waals surface area contributed by atoms with Gasteiger partial charge in [-0.2, -0.15) is 0 Å². The van der Waals surface area contributed by atoms with E-state index in [-0.39, 0.29) is 43.9 Å². The fourth-order valence-corrected chi connectivity index (χ4v) is 18.3. The number of nitrogens with one attached hydrogen (secondary N) is 2. The number of aliphatic hydroxyl groups is 8. The number of amides is 2. The molecule has 0 radical (unpaired) electrons. The quantitative estimate of drug-likeness (QED) is 0.0438. The number of hydrogen-bond donors (Lipinski definition) is 10. The van der Waals surface area contributed by atoms with Gasteiger partial charge in [-0.25, -0.2) is 0 Å². The third kappa shape index (κ3) is 4.02. The highest BCUT2D eigenvalue weighted by Gasteiger charge is 2.78. The lowest BCUT2D eigenvalue weighted by Crippen LogP contribution is -2.52. The maximum absolute atomic E-state index is 15.6. The van der Waals surface area contributed by atoms with Crippen molar-refractivity contribution in [3.8, 4) is 0 Å². The molecule has 8 aliphatic carbocycles. The van der Waals surface area contributed by atoms with Crippen molar-refractivity contribution in [2.75, 3.05) is 52.9 Å². The fourth-order valence-electron chi connectivity index (χ4n) is 18.3. The zero-order valence-corrected chi connectivity index (χ0v) is 39.5. The minimum Gasteiger partial charge on any atom is -0.396 e. The normalized spacial score (nSPS) is 23.9. The maximum atomic E-state index is 15.6. The van der Waals surface area contributed by atoms with Crippen LogP contribution < -0.4 is 15.9 Å². The molecule has 14 heteroatoms. The zero-order chi connectivity index (χ0) is 50.0. The number of benzene rings is 5. The van der Waals surface area contributed by atoms with Crippen LogP contribution in [0.15, 0.2) is 24.3 Å². The van der Waals surface area contributed by atoms with Gasteiger partial charge in [-0.15, -0.1) is 0 Å². The molecule has 6 unspecified atom stereocenters. The van der Waals surface area contributed by atoms with E-state index in [1.165, 1.54) is 43.5 Å². The van der Waals surface area contributed by atoms with Crippen LogP contribution in [-0.4, -0.2) is 129 Å². The van der Waals surface area contributed by atoms with Gasteiger partial charge >= 0.3 is 0 Å². The Bertz CT molecular complexity index is 4420. The number of carbonyl (C=O) groups is 4. The van der Waals surface area contributed by atoms with E-state index >= 15 is 19.2 Å². The average molecular weight is 1000 g/mol. The molecule has 2 amide bonds. The first kappa shape index (κ1) is 43.7. The predicted octanol–water partition coefficient (Wildman–Crippen LogP) is 3.53. The van der Waals surface area contributed by atoms with Gasteiger partial charge in [0.1, 0.15) is 10.8 Å². The Labute approximate surface area is 424 Å². The number of Topliss-reactive ketones (excluding diaryl/α,β-unsaturated/α-hetero) is 2. The lowest BCUT2D eigenvalue weighted by Gasteiger charge is -2.29. The third-order valence-electron chi connectivity index (χ3n) is 20.9. The van der Waals surface area contributed by atoms with Gasteiger partial charge in [-0.05, 0) is 164 Å². The van der Waals surface area contributed by atoms with Crippen molar-refractivity contribution in [1.82, 2.24) is 10.6 Å². The summed E-state index contributed by atoms with van der Waals surface area (Å²) >= 11 is 0. The predicted molar refractivity (Wildman–Crippen MR) is 282 cm³/mol. The van der Waals surface area contributed by atoms with Crippen molar-refractivity contribution in [2.24, 2.45) is 29.1 Å². The Morgan fingerprint density at radius 1 is 0.467 bits per heavy atom. The summed E-state index contributed by atoms with van der Waals surface area (Å²) < 4.78 is 0. The highest BCUT2D eigenvalue weighted by Crippen LogP contribution is 2.81. The lowest BCUT2D eigenvalue weighted by atomic mass is 9.74. The molecular weight excluding hydrogens is 953 g/mol. The number of carbonyl (C=O) groups excluding carboxylic acids is 4. The van der Waals surface area contributed by atoms with Gasteiger partial charge in [0.15, 0.2) is 11.6 Å². The zero-order valence-electron chi connectivity index (χ0n) is 39.5. The van der Waals surface area contributed by atoms with Crippen molar-refractivity contribution in [2.45, 2.75) is 61.4 Å². The van der Waals surface area contributed by atoms with Crippen LogP contribution in [0.4, 0.5) is 0 Å². The largest absolute Gasteiger partial charge is 0.396 e. The molecule has 8 aliphatic rings. The molecular formula is C61H50N2O12. The first-order valence-electron chi connectivity index (χ1n) is 26.2. The Balaban J connectivity index is 0.00000460. The molecule has 10 aromatic rings. The van der Waals surface area contributed by atoms with Crippen LogP contribution in [0, 0.1) is 29.1 Å². The molecule has 0 heterocycles. The molecule has 0 aliphatic heterocycles. The lowest BCUT2D eigenvalue weighted by molar-refractivity contribution is -0.139. The Morgan fingerprint density at radius 3 is 1.47 bits per heavy atom. The van der Waals surface area contributed by atoms with E-state index in [9.17, 15) is 40.9 Å². The summed E-state index contributed by atoms with van der Waals surface area (Å²) in [7, 11) is 0. The summed E-state index contributed by atoms with van der Waals surface area (Å²) in [6.45, 7) is -4.15. The summed E-state index contributed by atoms with van der Waals surface area (Å²) in [5.74, 6) is -5.21. The van der Waals surface area contributed by atoms with Crippen molar-refractivity contribution < 1.29 is 60.0 Å². The molecule has 6 atom stereocenters. The molecule has 2 saturated carbocycles. The van der Waals surface area contributed by atoms with Gasteiger partial charge in [0.25, 0.3) is 0 Å². The number of fused-ring (bicyclic) bond motifs is 11. The molecule has 376 valence electrons. The maximum Gasteiger partial charge on any atom is 0.237 e. The molecule has 0 saturated heterocycles. The van der Waals surface area contributed by atoms with Gasteiger partial charge in [0.2, 0.25) is 11.8 Å². The summed E-state index contributed by atoms with van der Waals surface area (Å²) in [6.07, 6.45) is 8.58. The molecule has 75 heavy (non-hydrogen) atoms. The van der Waals surface area contributed by atoms with Gasteiger partial charge in [0.05, 0.1) is 38.5 Å². The van der Waals surface area contributed by atoms with E-state index in [1.807, 2.05) is 0 Å².